The van der Waals surface area contributed by atoms with Crippen molar-refractivity contribution in [2.24, 2.45) is 0 Å². The highest BCUT2D eigenvalue weighted by molar-refractivity contribution is 7.89. The molecule has 1 unspecified atom stereocenters. The molecule has 108 valence electrons. The predicted octanol–water partition coefficient (Wildman–Crippen LogP) is 2.07. The Morgan fingerprint density at radius 2 is 2.05 bits per heavy atom. The average molecular weight is 315 g/mol. The fraction of sp³-hybridized carbons (Fsp3) is 0.231. The van der Waals surface area contributed by atoms with E-state index in [9.17, 15) is 17.9 Å². The standard InChI is InChI=1S/C13H14FNO3S2/c1-13(16,10-6-7-19-8-10)9-15-20(17,18)12-5-3-2-4-11(12)14/h2-8,15-16H,9H2,1H3. The van der Waals surface area contributed by atoms with E-state index in [4.69, 9.17) is 0 Å². The van der Waals surface area contributed by atoms with Gasteiger partial charge in [-0.15, -0.1) is 0 Å². The van der Waals surface area contributed by atoms with Crippen LogP contribution in [0.15, 0.2) is 46.0 Å². The minimum atomic E-state index is -4.00. The van der Waals surface area contributed by atoms with Crippen LogP contribution in [-0.2, 0) is 15.6 Å². The Morgan fingerprint density at radius 3 is 2.65 bits per heavy atom. The van der Waals surface area contributed by atoms with Gasteiger partial charge in [0, 0.05) is 6.54 Å². The lowest BCUT2D eigenvalue weighted by atomic mass is 10.0. The molecule has 0 amide bonds. The summed E-state index contributed by atoms with van der Waals surface area (Å²) >= 11 is 1.40. The highest BCUT2D eigenvalue weighted by Crippen LogP contribution is 2.23. The number of hydrogen-bond donors (Lipinski definition) is 2. The summed E-state index contributed by atoms with van der Waals surface area (Å²) in [6, 6.07) is 6.81. The van der Waals surface area contributed by atoms with Gasteiger partial charge in [0.2, 0.25) is 10.0 Å². The number of aliphatic hydroxyl groups is 1. The van der Waals surface area contributed by atoms with Gasteiger partial charge in [-0.25, -0.2) is 17.5 Å². The number of benzene rings is 1. The molecule has 1 atom stereocenters. The second kappa shape index (κ2) is 5.61. The Morgan fingerprint density at radius 1 is 1.35 bits per heavy atom. The van der Waals surface area contributed by atoms with Crippen molar-refractivity contribution >= 4 is 21.4 Å². The number of thiophene rings is 1. The largest absolute Gasteiger partial charge is 0.384 e. The molecule has 20 heavy (non-hydrogen) atoms. The summed E-state index contributed by atoms with van der Waals surface area (Å²) in [6.45, 7) is 1.26. The SMILES string of the molecule is CC(O)(CNS(=O)(=O)c1ccccc1F)c1ccsc1. The molecule has 0 saturated carbocycles. The van der Waals surface area contributed by atoms with E-state index in [1.165, 1.54) is 36.5 Å². The van der Waals surface area contributed by atoms with Crippen molar-refractivity contribution in [3.8, 4) is 0 Å². The third-order valence-corrected chi connectivity index (χ3v) is 4.99. The summed E-state index contributed by atoms with van der Waals surface area (Å²) < 4.78 is 39.7. The van der Waals surface area contributed by atoms with E-state index >= 15 is 0 Å². The normalized spacial score (nSPS) is 14.9. The first kappa shape index (κ1) is 15.1. The lowest BCUT2D eigenvalue weighted by Crippen LogP contribution is -2.38. The van der Waals surface area contributed by atoms with Crippen molar-refractivity contribution in [3.63, 3.8) is 0 Å². The lowest BCUT2D eigenvalue weighted by Gasteiger charge is -2.22. The summed E-state index contributed by atoms with van der Waals surface area (Å²) in [6.07, 6.45) is 0. The van der Waals surface area contributed by atoms with E-state index in [0.29, 0.717) is 5.56 Å². The summed E-state index contributed by atoms with van der Waals surface area (Å²) in [4.78, 5) is -0.430. The van der Waals surface area contributed by atoms with Gasteiger partial charge in [-0.2, -0.15) is 11.3 Å². The Kier molecular flexibility index (Phi) is 4.24. The van der Waals surface area contributed by atoms with Crippen LogP contribution in [0.1, 0.15) is 12.5 Å². The fourth-order valence-corrected chi connectivity index (χ4v) is 3.64. The van der Waals surface area contributed by atoms with E-state index in [1.807, 2.05) is 0 Å². The minimum absolute atomic E-state index is 0.236. The lowest BCUT2D eigenvalue weighted by molar-refractivity contribution is 0.0632. The van der Waals surface area contributed by atoms with Crippen molar-refractivity contribution in [2.75, 3.05) is 6.54 Å². The zero-order chi connectivity index (χ0) is 14.8. The number of sulfonamides is 1. The Balaban J connectivity index is 2.17. The molecule has 1 aromatic carbocycles. The van der Waals surface area contributed by atoms with E-state index in [-0.39, 0.29) is 6.54 Å². The Labute approximate surface area is 120 Å². The quantitative estimate of drug-likeness (QED) is 0.888. The molecule has 4 nitrogen and oxygen atoms in total. The molecule has 0 fully saturated rings. The predicted molar refractivity (Wildman–Crippen MR) is 75.5 cm³/mol. The molecule has 0 spiro atoms. The summed E-state index contributed by atoms with van der Waals surface area (Å²) in [5, 5.41) is 13.8. The third-order valence-electron chi connectivity index (χ3n) is 2.88. The summed E-state index contributed by atoms with van der Waals surface area (Å²) in [7, 11) is -4.00. The van der Waals surface area contributed by atoms with Crippen molar-refractivity contribution < 1.29 is 17.9 Å². The number of halogens is 1. The minimum Gasteiger partial charge on any atom is -0.384 e. The van der Waals surface area contributed by atoms with Gasteiger partial charge in [0.15, 0.2) is 0 Å². The number of rotatable bonds is 5. The molecule has 1 heterocycles. The zero-order valence-electron chi connectivity index (χ0n) is 10.7. The topological polar surface area (TPSA) is 66.4 Å². The first-order valence-electron chi connectivity index (χ1n) is 5.82. The van der Waals surface area contributed by atoms with E-state index < -0.39 is 26.3 Å². The molecular formula is C13H14FNO3S2. The molecule has 0 aliphatic rings. The maximum absolute atomic E-state index is 13.5. The van der Waals surface area contributed by atoms with Gasteiger partial charge in [-0.1, -0.05) is 12.1 Å². The van der Waals surface area contributed by atoms with Crippen molar-refractivity contribution in [1.82, 2.24) is 4.72 Å². The monoisotopic (exact) mass is 315 g/mol. The molecule has 2 aromatic rings. The molecule has 0 saturated heterocycles. The van der Waals surface area contributed by atoms with Crippen molar-refractivity contribution in [3.05, 3.63) is 52.5 Å². The van der Waals surface area contributed by atoms with Crippen LogP contribution in [0.3, 0.4) is 0 Å². The van der Waals surface area contributed by atoms with Gasteiger partial charge in [0.05, 0.1) is 0 Å². The second-order valence-corrected chi connectivity index (χ2v) is 7.06. The molecule has 0 aliphatic heterocycles. The van der Waals surface area contributed by atoms with Gasteiger partial charge in [0.25, 0.3) is 0 Å². The van der Waals surface area contributed by atoms with E-state index in [2.05, 4.69) is 4.72 Å². The van der Waals surface area contributed by atoms with Crippen LogP contribution in [0.5, 0.6) is 0 Å². The van der Waals surface area contributed by atoms with Crippen LogP contribution in [0.25, 0.3) is 0 Å². The Hall–Kier alpha value is -1.28. The van der Waals surface area contributed by atoms with Crippen LogP contribution in [0, 0.1) is 5.82 Å². The average Bonchev–Trinajstić information content (AvgIpc) is 2.92. The smallest absolute Gasteiger partial charge is 0.243 e. The van der Waals surface area contributed by atoms with Gasteiger partial charge in [-0.3, -0.25) is 0 Å². The Bertz CT molecular complexity index is 681. The maximum Gasteiger partial charge on any atom is 0.243 e. The summed E-state index contributed by atoms with van der Waals surface area (Å²) in [5.41, 5.74) is -0.739. The van der Waals surface area contributed by atoms with Crippen LogP contribution in [0.4, 0.5) is 4.39 Å². The number of nitrogens with one attached hydrogen (secondary N) is 1. The van der Waals surface area contributed by atoms with Crippen LogP contribution < -0.4 is 4.72 Å². The van der Waals surface area contributed by atoms with Gasteiger partial charge < -0.3 is 5.11 Å². The molecular weight excluding hydrogens is 301 g/mol. The van der Waals surface area contributed by atoms with Crippen LogP contribution in [0.2, 0.25) is 0 Å². The zero-order valence-corrected chi connectivity index (χ0v) is 12.3. The molecule has 0 bridgehead atoms. The highest BCUT2D eigenvalue weighted by Gasteiger charge is 2.27. The van der Waals surface area contributed by atoms with Crippen molar-refractivity contribution in [1.29, 1.82) is 0 Å². The summed E-state index contributed by atoms with van der Waals surface area (Å²) in [5.74, 6) is -0.824. The van der Waals surface area contributed by atoms with E-state index in [1.54, 1.807) is 16.8 Å². The van der Waals surface area contributed by atoms with Gasteiger partial charge in [0.1, 0.15) is 16.3 Å². The van der Waals surface area contributed by atoms with Crippen molar-refractivity contribution in [2.45, 2.75) is 17.4 Å². The first-order chi connectivity index (χ1) is 9.33. The fourth-order valence-electron chi connectivity index (χ4n) is 1.65. The van der Waals surface area contributed by atoms with Gasteiger partial charge >= 0.3 is 0 Å². The highest BCUT2D eigenvalue weighted by atomic mass is 32.2. The molecule has 0 radical (unpaired) electrons. The maximum atomic E-state index is 13.5. The third kappa shape index (κ3) is 3.24. The molecule has 1 aromatic heterocycles. The number of hydrogen-bond acceptors (Lipinski definition) is 4. The second-order valence-electron chi connectivity index (χ2n) is 4.54. The molecule has 2 rings (SSSR count). The first-order valence-corrected chi connectivity index (χ1v) is 8.25. The van der Waals surface area contributed by atoms with Crippen LogP contribution in [-0.4, -0.2) is 20.1 Å². The van der Waals surface area contributed by atoms with E-state index in [0.717, 1.165) is 6.07 Å². The van der Waals surface area contributed by atoms with Crippen LogP contribution >= 0.6 is 11.3 Å². The molecule has 7 heteroatoms. The molecule has 0 aliphatic carbocycles. The van der Waals surface area contributed by atoms with Gasteiger partial charge in [-0.05, 0) is 41.4 Å². The molecule has 2 N–H and O–H groups in total.